The van der Waals surface area contributed by atoms with Crippen LogP contribution >= 0.6 is 11.6 Å². The van der Waals surface area contributed by atoms with Crippen molar-refractivity contribution in [1.82, 2.24) is 25.7 Å². The van der Waals surface area contributed by atoms with E-state index in [0.29, 0.717) is 67.5 Å². The van der Waals surface area contributed by atoms with Gasteiger partial charge in [0.2, 0.25) is 0 Å². The third kappa shape index (κ3) is 29.2. The highest BCUT2D eigenvalue weighted by Crippen LogP contribution is 2.23. The maximum absolute atomic E-state index is 12.4. The summed E-state index contributed by atoms with van der Waals surface area (Å²) in [5.41, 5.74) is 17.6. The van der Waals surface area contributed by atoms with Gasteiger partial charge in [-0.05, 0) is 138 Å². The molecule has 10 aromatic carbocycles. The third-order valence-corrected chi connectivity index (χ3v) is 20.9. The number of aryl methyl sites for hydroxylation is 1. The van der Waals surface area contributed by atoms with Crippen molar-refractivity contribution in [2.75, 3.05) is 16.4 Å². The first-order valence-corrected chi connectivity index (χ1v) is 38.3. The van der Waals surface area contributed by atoms with Gasteiger partial charge in [-0.3, -0.25) is 15.5 Å². The average molecular weight is 1500 g/mol. The maximum atomic E-state index is 12.4. The smallest absolute Gasteiger partial charge is 0.415 e. The number of sulfone groups is 4. The van der Waals surface area contributed by atoms with Gasteiger partial charge in [0.25, 0.3) is 0 Å². The number of aromatic amines is 2. The summed E-state index contributed by atoms with van der Waals surface area (Å²) in [4.78, 5) is 35.2. The van der Waals surface area contributed by atoms with E-state index in [0.717, 1.165) is 27.8 Å². The number of halogens is 1. The molecule has 0 aliphatic rings. The van der Waals surface area contributed by atoms with E-state index in [2.05, 4.69) is 41.1 Å². The number of para-hydroxylation sites is 2. The molecule has 12 aromatic rings. The molecule has 0 bridgehead atoms. The number of urea groups is 1. The molecule has 0 fully saturated rings. The van der Waals surface area contributed by atoms with Crippen molar-refractivity contribution in [2.45, 2.75) is 70.0 Å². The molecule has 2 aromatic heterocycles. The van der Waals surface area contributed by atoms with Gasteiger partial charge in [-0.2, -0.15) is 10.2 Å². The lowest BCUT2D eigenvalue weighted by Gasteiger charge is -2.08. The van der Waals surface area contributed by atoms with Gasteiger partial charge in [-0.1, -0.05) is 183 Å². The standard InChI is InChI=1S/C20H17NO4S.C18H18N4O3S.C14H14O2S.C13H13NO2S.C7H5ClO2.C4H7N3.CH4/c22-20(25-18-7-3-1-4-8-18)21-17-13-11-16(12-14-17)15-26(23,24)19-9-5-2-6-10-19;23-18(19-10-15-11-20-21-12-15)22-16-8-6-14(7-9-16)13-26(24,25)17-4-2-1-3-5-17;1-12-7-9-13(10-8-12)11-17(15,16)14-5-3-2-4-6-14;14-12-8-6-11(7-9-12)10-17(15,16)13-4-2-1-3-5-13;8-7(9)10-6-4-2-1-3-5-6;5-1-4-2-6-7-3-4;/h1-14H,15H2,(H,21,22);1-9,11-12H,10,13H2,(H,20,21)(H2,19,22,23);2-10H,11H2,1H3;1-9H,10,14H2;1-5H;2-3H,1,5H2,(H,6,7);1H4. The van der Waals surface area contributed by atoms with E-state index in [1.54, 1.807) is 261 Å². The fourth-order valence-electron chi connectivity index (χ4n) is 8.83. The molecular weight excluding hydrogens is 1420 g/mol. The fraction of sp³-hybridized carbons (Fsp3) is 0.104. The van der Waals surface area contributed by atoms with Crippen LogP contribution < -0.4 is 36.9 Å². The summed E-state index contributed by atoms with van der Waals surface area (Å²) in [6.45, 7) is 2.90. The number of anilines is 3. The van der Waals surface area contributed by atoms with E-state index in [1.165, 1.54) is 0 Å². The molecule has 0 atom stereocenters. The van der Waals surface area contributed by atoms with Gasteiger partial charge in [0, 0.05) is 65.3 Å². The van der Waals surface area contributed by atoms with Crippen molar-refractivity contribution < 1.29 is 57.5 Å². The van der Waals surface area contributed by atoms with Crippen molar-refractivity contribution in [1.29, 1.82) is 0 Å². The van der Waals surface area contributed by atoms with Crippen LogP contribution in [0.5, 0.6) is 11.5 Å². The second kappa shape index (κ2) is 41.4. The second-order valence-corrected chi connectivity index (χ2v) is 30.4. The van der Waals surface area contributed by atoms with Crippen LogP contribution in [0.15, 0.2) is 323 Å². The minimum atomic E-state index is -3.40. The zero-order valence-corrected chi connectivity index (χ0v) is 59.5. The van der Waals surface area contributed by atoms with Crippen molar-refractivity contribution in [3.8, 4) is 11.5 Å². The number of H-pyrrole nitrogens is 2. The summed E-state index contributed by atoms with van der Waals surface area (Å²) in [6, 6.07) is 78.4. The number of nitrogens with two attached hydrogens (primary N) is 2. The molecule has 3 amide bonds. The van der Waals surface area contributed by atoms with Gasteiger partial charge in [0.15, 0.2) is 39.3 Å². The van der Waals surface area contributed by atoms with Gasteiger partial charge < -0.3 is 31.6 Å². The highest BCUT2D eigenvalue weighted by Gasteiger charge is 2.19. The van der Waals surface area contributed by atoms with Crippen LogP contribution in [0.1, 0.15) is 46.4 Å². The number of ether oxygens (including phenoxy) is 2. The van der Waals surface area contributed by atoms with E-state index in [9.17, 15) is 48.1 Å². The Labute approximate surface area is 611 Å². The van der Waals surface area contributed by atoms with Crippen LogP contribution in [-0.2, 0) is 75.4 Å². The molecule has 540 valence electrons. The predicted molar refractivity (Wildman–Crippen MR) is 406 cm³/mol. The number of nitrogens with one attached hydrogen (secondary N) is 5. The lowest BCUT2D eigenvalue weighted by Crippen LogP contribution is -2.28. The second-order valence-electron chi connectivity index (χ2n) is 22.1. The molecule has 0 aliphatic carbocycles. The zero-order chi connectivity index (χ0) is 73.9. The number of benzene rings is 10. The van der Waals surface area contributed by atoms with Gasteiger partial charge in [-0.15, -0.1) is 0 Å². The highest BCUT2D eigenvalue weighted by atomic mass is 35.5. The molecule has 0 spiro atoms. The summed E-state index contributed by atoms with van der Waals surface area (Å²) in [5.74, 6) is 0.753. The van der Waals surface area contributed by atoms with Crippen LogP contribution in [0, 0.1) is 6.92 Å². The number of carbonyl (C=O) groups is 3. The Morgan fingerprint density at radius 3 is 1.03 bits per heavy atom. The van der Waals surface area contributed by atoms with E-state index >= 15 is 0 Å². The molecule has 27 heteroatoms. The van der Waals surface area contributed by atoms with Crippen molar-refractivity contribution in [2.24, 2.45) is 5.73 Å². The minimum Gasteiger partial charge on any atom is -0.415 e. The summed E-state index contributed by atoms with van der Waals surface area (Å²) < 4.78 is 107. The molecule has 0 saturated carbocycles. The molecule has 22 nitrogen and oxygen atoms in total. The molecule has 9 N–H and O–H groups in total. The number of nitrogens with zero attached hydrogens (tertiary/aromatic N) is 2. The van der Waals surface area contributed by atoms with Crippen LogP contribution in [-0.4, -0.2) is 71.6 Å². The summed E-state index contributed by atoms with van der Waals surface area (Å²) >= 11 is 4.95. The SMILES string of the molecule is C.Cc1ccc(CS(=O)(=O)c2ccccc2)cc1.NCc1cn[nH]c1.Nc1ccc(CS(=O)(=O)c2ccccc2)cc1.O=C(Cl)Oc1ccccc1.O=C(NCc1cn[nH]c1)Nc1ccc(CS(=O)(=O)c2ccccc2)cc1.O=C(Nc1ccc(CS(=O)(=O)c2ccccc2)cc1)Oc1ccccc1. The molecule has 0 saturated heterocycles. The summed E-state index contributed by atoms with van der Waals surface area (Å²) in [7, 11) is -13.3. The van der Waals surface area contributed by atoms with Gasteiger partial charge in [0.1, 0.15) is 11.5 Å². The minimum absolute atomic E-state index is 0. The summed E-state index contributed by atoms with van der Waals surface area (Å²) in [6.07, 6.45) is 6.20. The maximum Gasteiger partial charge on any atom is 0.417 e. The van der Waals surface area contributed by atoms with Gasteiger partial charge in [0.05, 0.1) is 55.0 Å². The molecule has 12 rings (SSSR count). The van der Waals surface area contributed by atoms with Crippen LogP contribution in [0.4, 0.5) is 31.4 Å². The Kier molecular flexibility index (Phi) is 32.4. The zero-order valence-electron chi connectivity index (χ0n) is 55.5. The Morgan fingerprint density at radius 2 is 0.712 bits per heavy atom. The number of hydrogen-bond donors (Lipinski definition) is 7. The van der Waals surface area contributed by atoms with Crippen molar-refractivity contribution in [3.05, 3.63) is 343 Å². The topological polar surface area (TPSA) is 352 Å². The number of nitrogen functional groups attached to an aromatic ring is 1. The Morgan fingerprint density at radius 1 is 0.404 bits per heavy atom. The number of carbonyl (C=O) groups excluding carboxylic acids is 3. The van der Waals surface area contributed by atoms with E-state index in [1.807, 2.05) is 49.4 Å². The number of aromatic nitrogens is 4. The molecule has 0 aliphatic heterocycles. The first-order valence-electron chi connectivity index (χ1n) is 31.3. The predicted octanol–water partition coefficient (Wildman–Crippen LogP) is 15.1. The number of amides is 3. The highest BCUT2D eigenvalue weighted by molar-refractivity contribution is 7.91. The Bertz CT molecular complexity index is 4880. The lowest BCUT2D eigenvalue weighted by atomic mass is 10.2. The third-order valence-electron chi connectivity index (χ3n) is 14.0. The Balaban J connectivity index is 0.000000204. The fourth-order valence-corrected chi connectivity index (χ4v) is 14.4. The lowest BCUT2D eigenvalue weighted by molar-refractivity contribution is 0.215. The van der Waals surface area contributed by atoms with Crippen LogP contribution in [0.3, 0.4) is 0 Å². The van der Waals surface area contributed by atoms with E-state index < -0.39 is 50.9 Å². The van der Waals surface area contributed by atoms with E-state index in [-0.39, 0.29) is 41.4 Å². The van der Waals surface area contributed by atoms with Gasteiger partial charge in [-0.25, -0.2) is 48.1 Å². The quantitative estimate of drug-likeness (QED) is 0.0292. The molecule has 0 unspecified atom stereocenters. The molecular formula is C77H78ClN9O13S4. The largest absolute Gasteiger partial charge is 0.417 e. The monoisotopic (exact) mass is 1500 g/mol. The van der Waals surface area contributed by atoms with Crippen molar-refractivity contribution >= 4 is 85.6 Å². The van der Waals surface area contributed by atoms with Crippen LogP contribution in [0.25, 0.3) is 0 Å². The molecule has 104 heavy (non-hydrogen) atoms. The van der Waals surface area contributed by atoms with Crippen LogP contribution in [0.2, 0.25) is 0 Å². The van der Waals surface area contributed by atoms with E-state index in [4.69, 9.17) is 27.8 Å². The first-order chi connectivity index (χ1) is 49.4. The first kappa shape index (κ1) is 81.4. The normalized spacial score (nSPS) is 10.7. The average Bonchev–Trinajstić information content (AvgIpc) is 0.961. The number of hydrogen-bond acceptors (Lipinski definition) is 17. The Hall–Kier alpha value is -11.5. The summed E-state index contributed by atoms with van der Waals surface area (Å²) in [5, 5.41) is 20.8. The van der Waals surface area contributed by atoms with Crippen molar-refractivity contribution in [3.63, 3.8) is 0 Å². The number of rotatable bonds is 19. The molecule has 0 radical (unpaired) electrons. The van der Waals surface area contributed by atoms with Gasteiger partial charge >= 0.3 is 17.6 Å². The molecule has 2 heterocycles.